The van der Waals surface area contributed by atoms with Crippen LogP contribution in [0.15, 0.2) is 46.9 Å². The van der Waals surface area contributed by atoms with Crippen molar-refractivity contribution in [1.29, 1.82) is 0 Å². The molecule has 0 fully saturated rings. The minimum Gasteiger partial charge on any atom is -0.463 e. The summed E-state index contributed by atoms with van der Waals surface area (Å²) in [4.78, 5) is 48.5. The summed E-state index contributed by atoms with van der Waals surface area (Å²) in [5, 5.41) is 7.74. The van der Waals surface area contributed by atoms with Crippen molar-refractivity contribution in [1.82, 2.24) is 10.6 Å². The third kappa shape index (κ3) is 10.5. The maximum Gasteiger partial charge on any atom is 0.408 e. The molecule has 1 aromatic carbocycles. The maximum atomic E-state index is 12.9. The molecular formula is C25H33N3O8. The number of esters is 1. The van der Waals surface area contributed by atoms with E-state index in [1.54, 1.807) is 20.8 Å². The van der Waals surface area contributed by atoms with Gasteiger partial charge in [-0.3, -0.25) is 10.1 Å². The summed E-state index contributed by atoms with van der Waals surface area (Å²) in [6.07, 6.45) is 0.00151. The number of furan rings is 1. The highest BCUT2D eigenvalue weighted by Gasteiger charge is 2.23. The molecular weight excluding hydrogens is 470 g/mol. The third-order valence-corrected chi connectivity index (χ3v) is 4.65. The van der Waals surface area contributed by atoms with E-state index in [1.807, 2.05) is 30.3 Å². The lowest BCUT2D eigenvalue weighted by molar-refractivity contribution is -0.118. The van der Waals surface area contributed by atoms with E-state index in [9.17, 15) is 19.2 Å². The molecule has 3 amide bonds. The zero-order valence-corrected chi connectivity index (χ0v) is 20.9. The zero-order valence-electron chi connectivity index (χ0n) is 20.9. The number of carbonyl (C=O) groups is 4. The Balaban J connectivity index is 1.91. The van der Waals surface area contributed by atoms with E-state index in [1.165, 1.54) is 19.2 Å². The predicted octanol–water partition coefficient (Wildman–Crippen LogP) is 3.99. The summed E-state index contributed by atoms with van der Waals surface area (Å²) in [6, 6.07) is 10.9. The molecule has 0 spiro atoms. The first kappa shape index (κ1) is 28.2. The van der Waals surface area contributed by atoms with Gasteiger partial charge in [-0.2, -0.15) is 0 Å². The molecule has 1 heterocycles. The highest BCUT2D eigenvalue weighted by molar-refractivity contribution is 5.96. The van der Waals surface area contributed by atoms with Crippen molar-refractivity contribution >= 4 is 29.9 Å². The number of nitrogens with one attached hydrogen (secondary N) is 3. The molecule has 0 aliphatic rings. The second-order valence-electron chi connectivity index (χ2n) is 8.83. The van der Waals surface area contributed by atoms with Crippen molar-refractivity contribution in [2.75, 3.05) is 19.0 Å². The van der Waals surface area contributed by atoms with Crippen LogP contribution in [0.5, 0.6) is 0 Å². The fourth-order valence-electron chi connectivity index (χ4n) is 2.98. The molecule has 2 rings (SSSR count). The van der Waals surface area contributed by atoms with Crippen molar-refractivity contribution < 1.29 is 37.8 Å². The number of rotatable bonds is 11. The standard InChI is InChI=1S/C25H33N3O8/c1-25(2,3)36-23(31)26-15-9-8-12-18(27-24(32)34-16-17-10-6-5-7-11-17)21(29)28-20-14-13-19(35-20)22(30)33-4/h5-7,10-11,13-14,18H,8-9,12,15-16H2,1-4H3,(H,26,31)(H,27,32)(H,28,29)/t18-/m1/s1. The molecule has 1 atom stereocenters. The molecule has 0 aliphatic heterocycles. The quantitative estimate of drug-likeness (QED) is 0.237. The average Bonchev–Trinajstić information content (AvgIpc) is 3.29. The summed E-state index contributed by atoms with van der Waals surface area (Å²) in [6.45, 7) is 5.69. The van der Waals surface area contributed by atoms with Crippen LogP contribution in [0.2, 0.25) is 0 Å². The Morgan fingerprint density at radius 1 is 0.972 bits per heavy atom. The molecule has 11 nitrogen and oxygen atoms in total. The van der Waals surface area contributed by atoms with E-state index in [4.69, 9.17) is 13.9 Å². The van der Waals surface area contributed by atoms with Crippen LogP contribution in [-0.4, -0.2) is 49.4 Å². The van der Waals surface area contributed by atoms with Gasteiger partial charge in [0.1, 0.15) is 18.2 Å². The SMILES string of the molecule is COC(=O)c1ccc(NC(=O)[C@@H](CCCCNC(=O)OC(C)(C)C)NC(=O)OCc2ccccc2)o1. The van der Waals surface area contributed by atoms with E-state index >= 15 is 0 Å². The fourth-order valence-corrected chi connectivity index (χ4v) is 2.98. The van der Waals surface area contributed by atoms with Crippen LogP contribution >= 0.6 is 0 Å². The van der Waals surface area contributed by atoms with Crippen LogP contribution in [0.3, 0.4) is 0 Å². The number of hydrogen-bond acceptors (Lipinski definition) is 8. The number of methoxy groups -OCH3 is 1. The second-order valence-corrected chi connectivity index (χ2v) is 8.83. The van der Waals surface area contributed by atoms with E-state index in [0.29, 0.717) is 19.4 Å². The molecule has 1 aromatic heterocycles. The smallest absolute Gasteiger partial charge is 0.408 e. The predicted molar refractivity (Wildman–Crippen MR) is 130 cm³/mol. The molecule has 2 aromatic rings. The lowest BCUT2D eigenvalue weighted by Crippen LogP contribution is -2.44. The number of alkyl carbamates (subject to hydrolysis) is 2. The largest absolute Gasteiger partial charge is 0.463 e. The molecule has 0 saturated heterocycles. The summed E-state index contributed by atoms with van der Waals surface area (Å²) in [5.74, 6) is -1.30. The Morgan fingerprint density at radius 2 is 1.69 bits per heavy atom. The van der Waals surface area contributed by atoms with Crippen LogP contribution < -0.4 is 16.0 Å². The maximum absolute atomic E-state index is 12.9. The lowest BCUT2D eigenvalue weighted by atomic mass is 10.1. The lowest BCUT2D eigenvalue weighted by Gasteiger charge is -2.20. The molecule has 0 aliphatic carbocycles. The van der Waals surface area contributed by atoms with Crippen LogP contribution in [0.1, 0.15) is 56.2 Å². The molecule has 0 saturated carbocycles. The van der Waals surface area contributed by atoms with Crippen LogP contribution in [0.25, 0.3) is 0 Å². The summed E-state index contributed by atoms with van der Waals surface area (Å²) in [5.41, 5.74) is 0.199. The molecule has 36 heavy (non-hydrogen) atoms. The van der Waals surface area contributed by atoms with Crippen molar-refractivity contribution in [3.8, 4) is 0 Å². The zero-order chi connectivity index (χ0) is 26.6. The number of carbonyl (C=O) groups excluding carboxylic acids is 4. The minimum atomic E-state index is -0.957. The highest BCUT2D eigenvalue weighted by Crippen LogP contribution is 2.15. The van der Waals surface area contributed by atoms with Gasteiger partial charge in [0.2, 0.25) is 17.6 Å². The van der Waals surface area contributed by atoms with Gasteiger partial charge >= 0.3 is 18.2 Å². The fraction of sp³-hybridized carbons (Fsp3) is 0.440. The van der Waals surface area contributed by atoms with E-state index in [-0.39, 0.29) is 24.7 Å². The summed E-state index contributed by atoms with van der Waals surface area (Å²) in [7, 11) is 1.21. The van der Waals surface area contributed by atoms with Crippen LogP contribution in [0.4, 0.5) is 15.5 Å². The Labute approximate surface area is 209 Å². The highest BCUT2D eigenvalue weighted by atomic mass is 16.6. The molecule has 196 valence electrons. The van der Waals surface area contributed by atoms with Gasteiger partial charge in [0.05, 0.1) is 7.11 Å². The summed E-state index contributed by atoms with van der Waals surface area (Å²) < 4.78 is 20.3. The van der Waals surface area contributed by atoms with Crippen LogP contribution in [-0.2, 0) is 25.6 Å². The number of hydrogen-bond donors (Lipinski definition) is 3. The van der Waals surface area contributed by atoms with Gasteiger partial charge in [-0.1, -0.05) is 30.3 Å². The summed E-state index contributed by atoms with van der Waals surface area (Å²) >= 11 is 0. The second kappa shape index (κ2) is 13.8. The monoisotopic (exact) mass is 503 g/mol. The van der Waals surface area contributed by atoms with Gasteiger partial charge < -0.3 is 29.3 Å². The molecule has 11 heteroatoms. The molecule has 3 N–H and O–H groups in total. The van der Waals surface area contributed by atoms with Crippen molar-refractivity contribution in [3.63, 3.8) is 0 Å². The van der Waals surface area contributed by atoms with Gasteiger partial charge in [0.15, 0.2) is 0 Å². The average molecular weight is 504 g/mol. The van der Waals surface area contributed by atoms with E-state index < -0.39 is 35.7 Å². The van der Waals surface area contributed by atoms with Crippen LogP contribution in [0, 0.1) is 0 Å². The van der Waals surface area contributed by atoms with Crippen molar-refractivity contribution in [2.45, 2.75) is 58.3 Å². The topological polar surface area (TPSA) is 145 Å². The first-order chi connectivity index (χ1) is 17.1. The van der Waals surface area contributed by atoms with Gasteiger partial charge in [0.25, 0.3) is 0 Å². The van der Waals surface area contributed by atoms with Gasteiger partial charge in [-0.15, -0.1) is 0 Å². The van der Waals surface area contributed by atoms with Crippen molar-refractivity contribution in [3.05, 3.63) is 53.8 Å². The Hall–Kier alpha value is -4.02. The van der Waals surface area contributed by atoms with Gasteiger partial charge in [-0.05, 0) is 51.7 Å². The van der Waals surface area contributed by atoms with Gasteiger partial charge in [0, 0.05) is 12.6 Å². The third-order valence-electron chi connectivity index (χ3n) is 4.65. The number of anilines is 1. The Bertz CT molecular complexity index is 1010. The molecule has 0 unspecified atom stereocenters. The molecule has 0 radical (unpaired) electrons. The number of ether oxygens (including phenoxy) is 3. The van der Waals surface area contributed by atoms with E-state index in [0.717, 1.165) is 5.56 Å². The first-order valence-corrected chi connectivity index (χ1v) is 11.5. The van der Waals surface area contributed by atoms with Crippen molar-refractivity contribution in [2.24, 2.45) is 0 Å². The van der Waals surface area contributed by atoms with E-state index in [2.05, 4.69) is 20.7 Å². The number of amides is 3. The number of benzene rings is 1. The Kier molecular flexibility index (Phi) is 10.8. The first-order valence-electron chi connectivity index (χ1n) is 11.5. The molecule has 0 bridgehead atoms. The normalized spacial score (nSPS) is 11.7. The van der Waals surface area contributed by atoms with Gasteiger partial charge in [-0.25, -0.2) is 14.4 Å². The minimum absolute atomic E-state index is 0.0245. The number of unbranched alkanes of at least 4 members (excludes halogenated alkanes) is 1. The Morgan fingerprint density at radius 3 is 2.36 bits per heavy atom.